The molecular weight excluding hydrogens is 416 g/mol. The minimum Gasteiger partial charge on any atom is -0.382 e. The van der Waals surface area contributed by atoms with Crippen molar-refractivity contribution in [3.8, 4) is 17.3 Å². The number of nitrogens with two attached hydrogens (primary N) is 1. The number of anilines is 2. The smallest absolute Gasteiger partial charge is 0.259 e. The molecule has 2 N–H and O–H groups in total. The van der Waals surface area contributed by atoms with Gasteiger partial charge in [-0.25, -0.2) is 9.50 Å². The third-order valence-corrected chi connectivity index (χ3v) is 6.35. The van der Waals surface area contributed by atoms with Gasteiger partial charge in [-0.15, -0.1) is 0 Å². The fraction of sp³-hybridized carbons (Fsp3) is 0.333. The van der Waals surface area contributed by atoms with Crippen molar-refractivity contribution in [1.82, 2.24) is 14.6 Å². The Morgan fingerprint density at radius 2 is 2.10 bits per heavy atom. The van der Waals surface area contributed by atoms with E-state index in [1.165, 1.54) is 6.33 Å². The highest BCUT2D eigenvalue weighted by molar-refractivity contribution is 7.84. The number of nitrogens with zero attached hydrogens (tertiary/aromatic N) is 5. The van der Waals surface area contributed by atoms with Crippen LogP contribution in [0.5, 0.6) is 0 Å². The highest BCUT2D eigenvalue weighted by atomic mass is 32.2. The predicted octanol–water partition coefficient (Wildman–Crippen LogP) is 2.12. The van der Waals surface area contributed by atoms with Crippen LogP contribution in [0.15, 0.2) is 35.5 Å². The summed E-state index contributed by atoms with van der Waals surface area (Å²) in [5.41, 5.74) is 7.59. The van der Waals surface area contributed by atoms with Crippen molar-refractivity contribution < 1.29 is 13.7 Å². The first-order valence-corrected chi connectivity index (χ1v) is 11.2. The molecule has 1 aromatic carbocycles. The maximum Gasteiger partial charge on any atom is 0.259 e. The number of morpholine rings is 1. The average molecular weight is 439 g/mol. The largest absolute Gasteiger partial charge is 0.382 e. The minimum atomic E-state index is -1.33. The summed E-state index contributed by atoms with van der Waals surface area (Å²) in [6.07, 6.45) is 2.90. The standard InChI is InChI=1S/C21H22N6O3S/c1-12-10-30-21(2,3)20(28)26(12)16-7-13(5-6-17(16)31(4)29)15-8-14(9-22)18-19(23)24-11-25-27(15)18/h5-8,11-12H,10H2,1-4H3,(H2,23,24,25)/t12-,31?/m1/s1. The number of nitrogen functional groups attached to an aromatic ring is 1. The Hall–Kier alpha value is -3.29. The topological polar surface area (TPSA) is 127 Å². The molecule has 1 aliphatic heterocycles. The molecule has 1 unspecified atom stereocenters. The van der Waals surface area contributed by atoms with Crippen LogP contribution in [0.2, 0.25) is 0 Å². The third kappa shape index (κ3) is 3.36. The van der Waals surface area contributed by atoms with E-state index in [0.717, 1.165) is 0 Å². The number of amides is 1. The molecule has 0 radical (unpaired) electrons. The Bertz CT molecular complexity index is 1280. The van der Waals surface area contributed by atoms with Gasteiger partial charge in [0.05, 0.1) is 45.3 Å². The van der Waals surface area contributed by atoms with Crippen molar-refractivity contribution in [2.24, 2.45) is 0 Å². The van der Waals surface area contributed by atoms with Crippen LogP contribution >= 0.6 is 0 Å². The van der Waals surface area contributed by atoms with Gasteiger partial charge in [0.2, 0.25) is 0 Å². The molecule has 2 aromatic heterocycles. The molecule has 4 rings (SSSR count). The SMILES string of the molecule is C[C@@H]1COC(C)(C)C(=O)N1c1cc(-c2cc(C#N)c3c(N)ncnn23)ccc1S(C)=O. The average Bonchev–Trinajstić information content (AvgIpc) is 3.11. The minimum absolute atomic E-state index is 0.197. The molecule has 31 heavy (non-hydrogen) atoms. The van der Waals surface area contributed by atoms with Gasteiger partial charge < -0.3 is 15.4 Å². The van der Waals surface area contributed by atoms with E-state index in [1.807, 2.05) is 6.92 Å². The first-order valence-electron chi connectivity index (χ1n) is 9.63. The normalized spacial score (nSPS) is 19.4. The van der Waals surface area contributed by atoms with E-state index < -0.39 is 16.4 Å². The molecule has 10 heteroatoms. The van der Waals surface area contributed by atoms with Crippen molar-refractivity contribution in [2.45, 2.75) is 37.3 Å². The van der Waals surface area contributed by atoms with Gasteiger partial charge in [-0.1, -0.05) is 6.07 Å². The number of nitriles is 1. The van der Waals surface area contributed by atoms with Crippen LogP contribution in [0, 0.1) is 11.3 Å². The zero-order chi connectivity index (χ0) is 22.5. The molecule has 1 amide bonds. The molecule has 3 aromatic rings. The van der Waals surface area contributed by atoms with E-state index in [-0.39, 0.29) is 17.8 Å². The van der Waals surface area contributed by atoms with E-state index in [2.05, 4.69) is 16.2 Å². The van der Waals surface area contributed by atoms with Crippen LogP contribution in [-0.4, -0.2) is 49.2 Å². The van der Waals surface area contributed by atoms with Crippen molar-refractivity contribution in [1.29, 1.82) is 5.26 Å². The number of hydrogen-bond acceptors (Lipinski definition) is 7. The molecule has 1 fully saturated rings. The molecule has 1 aliphatic rings. The Morgan fingerprint density at radius 1 is 1.35 bits per heavy atom. The lowest BCUT2D eigenvalue weighted by atomic mass is 10.0. The van der Waals surface area contributed by atoms with Crippen LogP contribution in [0.3, 0.4) is 0 Å². The summed E-state index contributed by atoms with van der Waals surface area (Å²) in [7, 11) is -1.33. The van der Waals surface area contributed by atoms with Crippen molar-refractivity contribution in [3.63, 3.8) is 0 Å². The highest BCUT2D eigenvalue weighted by Crippen LogP contribution is 2.36. The molecule has 3 heterocycles. The summed E-state index contributed by atoms with van der Waals surface area (Å²) >= 11 is 0. The maximum absolute atomic E-state index is 13.2. The van der Waals surface area contributed by atoms with Gasteiger partial charge in [-0.05, 0) is 39.0 Å². The van der Waals surface area contributed by atoms with Gasteiger partial charge in [0, 0.05) is 11.8 Å². The maximum atomic E-state index is 13.2. The van der Waals surface area contributed by atoms with E-state index >= 15 is 0 Å². The Labute approximate surface area is 181 Å². The molecule has 1 saturated heterocycles. The van der Waals surface area contributed by atoms with Crippen LogP contribution in [0.1, 0.15) is 26.3 Å². The first kappa shape index (κ1) is 21.0. The van der Waals surface area contributed by atoms with Crippen molar-refractivity contribution in [2.75, 3.05) is 23.5 Å². The van der Waals surface area contributed by atoms with E-state index in [4.69, 9.17) is 10.5 Å². The monoisotopic (exact) mass is 438 g/mol. The highest BCUT2D eigenvalue weighted by Gasteiger charge is 2.42. The summed E-state index contributed by atoms with van der Waals surface area (Å²) in [5.74, 6) is -0.0116. The second-order valence-electron chi connectivity index (χ2n) is 7.94. The molecule has 0 saturated carbocycles. The number of ether oxygens (including phenoxy) is 1. The molecule has 9 nitrogen and oxygen atoms in total. The van der Waals surface area contributed by atoms with Crippen LogP contribution in [0.4, 0.5) is 11.5 Å². The van der Waals surface area contributed by atoms with Crippen LogP contribution in [0.25, 0.3) is 16.8 Å². The summed E-state index contributed by atoms with van der Waals surface area (Å²) in [6, 6.07) is 8.89. The van der Waals surface area contributed by atoms with Gasteiger partial charge in [-0.2, -0.15) is 10.4 Å². The summed E-state index contributed by atoms with van der Waals surface area (Å²) < 4.78 is 19.8. The van der Waals surface area contributed by atoms with E-state index in [9.17, 15) is 14.3 Å². The number of hydrogen-bond donors (Lipinski definition) is 1. The Morgan fingerprint density at radius 3 is 2.77 bits per heavy atom. The van der Waals surface area contributed by atoms with E-state index in [1.54, 1.807) is 53.8 Å². The van der Waals surface area contributed by atoms with Gasteiger partial charge in [-0.3, -0.25) is 9.00 Å². The predicted molar refractivity (Wildman–Crippen MR) is 117 cm³/mol. The quantitative estimate of drug-likeness (QED) is 0.663. The zero-order valence-electron chi connectivity index (χ0n) is 17.6. The molecule has 2 atom stereocenters. The first-order chi connectivity index (χ1) is 14.7. The zero-order valence-corrected chi connectivity index (χ0v) is 18.4. The fourth-order valence-corrected chi connectivity index (χ4v) is 4.48. The van der Waals surface area contributed by atoms with Gasteiger partial charge in [0.25, 0.3) is 5.91 Å². The number of aromatic nitrogens is 3. The number of carbonyl (C=O) groups is 1. The van der Waals surface area contributed by atoms with Gasteiger partial charge >= 0.3 is 0 Å². The molecule has 160 valence electrons. The second-order valence-corrected chi connectivity index (χ2v) is 9.29. The lowest BCUT2D eigenvalue weighted by Crippen LogP contribution is -2.58. The fourth-order valence-electron chi connectivity index (χ4n) is 3.77. The van der Waals surface area contributed by atoms with Crippen LogP contribution < -0.4 is 10.6 Å². The van der Waals surface area contributed by atoms with Gasteiger partial charge in [0.1, 0.15) is 23.5 Å². The lowest BCUT2D eigenvalue weighted by Gasteiger charge is -2.42. The van der Waals surface area contributed by atoms with Crippen molar-refractivity contribution >= 4 is 33.7 Å². The number of rotatable bonds is 3. The molecular formula is C21H22N6O3S. The summed E-state index contributed by atoms with van der Waals surface area (Å²) in [6.45, 7) is 5.69. The number of carbonyl (C=O) groups excluding carboxylic acids is 1. The third-order valence-electron chi connectivity index (χ3n) is 5.39. The molecule has 0 bridgehead atoms. The second kappa shape index (κ2) is 7.44. The van der Waals surface area contributed by atoms with E-state index in [0.29, 0.717) is 39.5 Å². The molecule has 0 spiro atoms. The number of fused-ring (bicyclic) bond motifs is 1. The Kier molecular flexibility index (Phi) is 5.03. The number of benzene rings is 1. The molecule has 0 aliphatic carbocycles. The summed E-state index contributed by atoms with van der Waals surface area (Å²) in [4.78, 5) is 19.4. The Balaban J connectivity index is 1.95. The summed E-state index contributed by atoms with van der Waals surface area (Å²) in [5, 5.41) is 13.8. The lowest BCUT2D eigenvalue weighted by molar-refractivity contribution is -0.147. The van der Waals surface area contributed by atoms with Crippen LogP contribution in [-0.2, 0) is 20.3 Å². The van der Waals surface area contributed by atoms with Crippen molar-refractivity contribution in [3.05, 3.63) is 36.2 Å². The van der Waals surface area contributed by atoms with Gasteiger partial charge in [0.15, 0.2) is 5.82 Å².